The summed E-state index contributed by atoms with van der Waals surface area (Å²) in [5.74, 6) is -4.11. The summed E-state index contributed by atoms with van der Waals surface area (Å²) < 4.78 is 0. The fourth-order valence-corrected chi connectivity index (χ4v) is 6.57. The Morgan fingerprint density at radius 3 is 2.15 bits per heavy atom. The van der Waals surface area contributed by atoms with E-state index in [0.717, 1.165) is 16.5 Å². The molecule has 1 aromatic heterocycles. The number of aromatic amines is 1. The number of primary amides is 1. The lowest BCUT2D eigenvalue weighted by Crippen LogP contribution is -2.60. The molecule has 1 fully saturated rings. The number of nitrogens with zero attached hydrogens (tertiary/aromatic N) is 1. The number of para-hydroxylation sites is 1. The molecular weight excluding hydrogens is 708 g/mol. The van der Waals surface area contributed by atoms with Gasteiger partial charge in [0.05, 0.1) is 19.2 Å². The molecule has 0 radical (unpaired) electrons. The summed E-state index contributed by atoms with van der Waals surface area (Å²) in [5.41, 5.74) is 14.4. The molecule has 4 aromatic rings. The van der Waals surface area contributed by atoms with E-state index in [2.05, 4.69) is 26.3 Å². The summed E-state index contributed by atoms with van der Waals surface area (Å²) in [4.78, 5) is 83.6. The molecule has 0 aliphatic carbocycles. The van der Waals surface area contributed by atoms with E-state index in [1.165, 1.54) is 17.0 Å². The number of phenols is 1. The highest BCUT2D eigenvalue weighted by Crippen LogP contribution is 2.22. The lowest BCUT2D eigenvalue weighted by atomic mass is 10.0. The molecule has 1 saturated heterocycles. The van der Waals surface area contributed by atoms with Gasteiger partial charge >= 0.3 is 0 Å². The van der Waals surface area contributed by atoms with Crippen LogP contribution in [-0.4, -0.2) is 105 Å². The molecule has 16 nitrogen and oxygen atoms in total. The first-order chi connectivity index (χ1) is 26.4. The first-order valence-electron chi connectivity index (χ1n) is 17.9. The maximum atomic E-state index is 13.9. The average Bonchev–Trinajstić information content (AvgIpc) is 3.84. The molecule has 2 heterocycles. The number of aliphatic hydroxyl groups is 1. The number of nitrogens with one attached hydrogen (secondary N) is 5. The number of hydrogen-bond donors (Lipinski definition) is 9. The molecule has 55 heavy (non-hydrogen) atoms. The van der Waals surface area contributed by atoms with E-state index in [1.54, 1.807) is 48.7 Å². The van der Waals surface area contributed by atoms with Crippen molar-refractivity contribution < 1.29 is 39.0 Å². The number of likely N-dealkylation sites (tertiary alicyclic amines) is 1. The summed E-state index contributed by atoms with van der Waals surface area (Å²) in [7, 11) is 0. The molecule has 1 aliphatic heterocycles. The summed E-state index contributed by atoms with van der Waals surface area (Å²) in [5, 5.41) is 31.1. The molecule has 16 heteroatoms. The van der Waals surface area contributed by atoms with Crippen molar-refractivity contribution in [1.29, 1.82) is 0 Å². The summed E-state index contributed by atoms with van der Waals surface area (Å²) in [6, 6.07) is 16.6. The Hall–Kier alpha value is -6.26. The number of aromatic hydroxyl groups is 1. The van der Waals surface area contributed by atoms with Gasteiger partial charge in [0.1, 0.15) is 29.9 Å². The van der Waals surface area contributed by atoms with Crippen molar-refractivity contribution in [1.82, 2.24) is 31.2 Å². The van der Waals surface area contributed by atoms with Crippen LogP contribution in [0.5, 0.6) is 5.75 Å². The Labute approximate surface area is 317 Å². The highest BCUT2D eigenvalue weighted by Gasteiger charge is 2.39. The van der Waals surface area contributed by atoms with Crippen LogP contribution in [0.1, 0.15) is 29.5 Å². The summed E-state index contributed by atoms with van der Waals surface area (Å²) in [6.07, 6.45) is 2.63. The number of aliphatic hydroxyl groups excluding tert-OH is 1. The fourth-order valence-electron chi connectivity index (χ4n) is 6.57. The number of carbonyl (C=O) groups excluding carboxylic acids is 6. The monoisotopic (exact) mass is 754 g/mol. The van der Waals surface area contributed by atoms with Crippen LogP contribution in [0.3, 0.4) is 0 Å². The van der Waals surface area contributed by atoms with E-state index < -0.39 is 78.8 Å². The Morgan fingerprint density at radius 1 is 0.782 bits per heavy atom. The van der Waals surface area contributed by atoms with Gasteiger partial charge in [-0.25, -0.2) is 0 Å². The molecular formula is C39H46N8O8. The van der Waals surface area contributed by atoms with Crippen molar-refractivity contribution in [2.24, 2.45) is 11.5 Å². The third kappa shape index (κ3) is 10.7. The zero-order chi connectivity index (χ0) is 39.5. The third-order valence-corrected chi connectivity index (χ3v) is 9.45. The number of aromatic nitrogens is 1. The van der Waals surface area contributed by atoms with E-state index in [1.807, 2.05) is 24.3 Å². The van der Waals surface area contributed by atoms with E-state index >= 15 is 0 Å². The molecule has 5 rings (SSSR count). The predicted molar refractivity (Wildman–Crippen MR) is 202 cm³/mol. The molecule has 6 amide bonds. The first kappa shape index (κ1) is 39.9. The van der Waals surface area contributed by atoms with Gasteiger partial charge in [0.2, 0.25) is 35.4 Å². The van der Waals surface area contributed by atoms with Crippen molar-refractivity contribution in [2.75, 3.05) is 19.7 Å². The molecule has 0 bridgehead atoms. The lowest BCUT2D eigenvalue weighted by molar-refractivity contribution is -0.143. The van der Waals surface area contributed by atoms with Gasteiger partial charge in [0.25, 0.3) is 0 Å². The van der Waals surface area contributed by atoms with Gasteiger partial charge in [-0.2, -0.15) is 0 Å². The smallest absolute Gasteiger partial charge is 0.248 e. The molecule has 290 valence electrons. The molecule has 5 atom stereocenters. The van der Waals surface area contributed by atoms with Crippen LogP contribution in [0, 0.1) is 0 Å². The number of H-pyrrole nitrogens is 1. The SMILES string of the molecule is NC(=O)CNC(=O)[C@H](Cc1c[nH]c2ccccc12)NC(=O)[C@@H]1CCCN1C(=O)[C@H](CO)NC(=O)[C@H](Cc1ccccc1)NC(=O)[C@@H](N)Cc1ccc(O)cc1. The largest absolute Gasteiger partial charge is 0.508 e. The molecule has 0 spiro atoms. The highest BCUT2D eigenvalue weighted by atomic mass is 16.3. The first-order valence-corrected chi connectivity index (χ1v) is 17.9. The molecule has 1 aliphatic rings. The molecule has 11 N–H and O–H groups in total. The molecule has 0 unspecified atom stereocenters. The number of amides is 6. The number of carbonyl (C=O) groups is 6. The Morgan fingerprint density at radius 2 is 1.44 bits per heavy atom. The predicted octanol–water partition coefficient (Wildman–Crippen LogP) is -0.732. The number of rotatable bonds is 17. The topological polar surface area (TPSA) is 262 Å². The van der Waals surface area contributed by atoms with Gasteiger partial charge in [-0.1, -0.05) is 60.7 Å². The number of benzene rings is 3. The van der Waals surface area contributed by atoms with Gasteiger partial charge in [-0.05, 0) is 54.2 Å². The quantitative estimate of drug-likeness (QED) is 0.0657. The van der Waals surface area contributed by atoms with Gasteiger partial charge in [0, 0.05) is 36.5 Å². The van der Waals surface area contributed by atoms with Crippen molar-refractivity contribution in [3.8, 4) is 5.75 Å². The van der Waals surface area contributed by atoms with Crippen LogP contribution in [0.15, 0.2) is 85.1 Å². The fraction of sp³-hybridized carbons (Fsp3) is 0.333. The van der Waals surface area contributed by atoms with Crippen molar-refractivity contribution in [3.63, 3.8) is 0 Å². The zero-order valence-corrected chi connectivity index (χ0v) is 30.1. The van der Waals surface area contributed by atoms with Crippen LogP contribution in [0.2, 0.25) is 0 Å². The Balaban J connectivity index is 1.27. The Kier molecular flexibility index (Phi) is 13.6. The van der Waals surface area contributed by atoms with E-state index in [4.69, 9.17) is 11.5 Å². The summed E-state index contributed by atoms with van der Waals surface area (Å²) in [6.45, 7) is -1.11. The molecule has 3 aromatic carbocycles. The standard InChI is InChI=1S/C39H46N8O8/c40-28(17-24-12-14-26(49)15-13-24)35(51)44-30(18-23-7-2-1-3-8-23)37(53)46-32(22-48)39(55)47-16-6-11-33(47)38(54)45-31(36(52)43-21-34(41)50)19-25-20-42-29-10-5-4-9-27(25)29/h1-5,7-10,12-15,20,28,30-33,42,48-49H,6,11,16-19,21-22,40H2,(H2,41,50)(H,43,52)(H,44,51)(H,45,54)(H,46,53)/t28-,30-,31-,32-,33-/m0/s1. The maximum absolute atomic E-state index is 13.9. The second-order valence-electron chi connectivity index (χ2n) is 13.5. The second kappa shape index (κ2) is 18.7. The number of hydrogen-bond acceptors (Lipinski definition) is 9. The van der Waals surface area contributed by atoms with Crippen molar-refractivity contribution in [3.05, 3.63) is 102 Å². The highest BCUT2D eigenvalue weighted by molar-refractivity contribution is 5.97. The van der Waals surface area contributed by atoms with Crippen molar-refractivity contribution >= 4 is 46.3 Å². The van der Waals surface area contributed by atoms with Crippen LogP contribution in [0.25, 0.3) is 10.9 Å². The minimum Gasteiger partial charge on any atom is -0.508 e. The maximum Gasteiger partial charge on any atom is 0.248 e. The average molecular weight is 755 g/mol. The number of fused-ring (bicyclic) bond motifs is 1. The number of nitrogens with two attached hydrogens (primary N) is 2. The van der Waals surface area contributed by atoms with Crippen molar-refractivity contribution in [2.45, 2.75) is 62.3 Å². The minimum absolute atomic E-state index is 0.0427. The van der Waals surface area contributed by atoms with Crippen LogP contribution in [-0.2, 0) is 48.0 Å². The van der Waals surface area contributed by atoms with E-state index in [0.29, 0.717) is 17.5 Å². The minimum atomic E-state index is -1.47. The zero-order valence-electron chi connectivity index (χ0n) is 30.1. The van der Waals surface area contributed by atoms with Gasteiger partial charge in [-0.15, -0.1) is 0 Å². The summed E-state index contributed by atoms with van der Waals surface area (Å²) >= 11 is 0. The van der Waals surface area contributed by atoms with Crippen LogP contribution < -0.4 is 32.7 Å². The van der Waals surface area contributed by atoms with Gasteiger partial charge < -0.3 is 52.8 Å². The van der Waals surface area contributed by atoms with Crippen LogP contribution >= 0.6 is 0 Å². The van der Waals surface area contributed by atoms with Gasteiger partial charge in [-0.3, -0.25) is 28.8 Å². The lowest BCUT2D eigenvalue weighted by Gasteiger charge is -2.30. The third-order valence-electron chi connectivity index (χ3n) is 9.45. The number of phenolic OH excluding ortho intramolecular Hbond substituents is 1. The van der Waals surface area contributed by atoms with E-state index in [9.17, 15) is 39.0 Å². The van der Waals surface area contributed by atoms with Crippen LogP contribution in [0.4, 0.5) is 0 Å². The van der Waals surface area contributed by atoms with E-state index in [-0.39, 0.29) is 38.0 Å². The second-order valence-corrected chi connectivity index (χ2v) is 13.5. The normalized spacial score (nSPS) is 16.0. The molecule has 0 saturated carbocycles. The Bertz CT molecular complexity index is 1990. The van der Waals surface area contributed by atoms with Gasteiger partial charge in [0.15, 0.2) is 0 Å².